The molecule has 186 valence electrons. The summed E-state index contributed by atoms with van der Waals surface area (Å²) in [7, 11) is 0. The molecule has 1 aliphatic rings. The van der Waals surface area contributed by atoms with E-state index in [1.807, 2.05) is 79.7 Å². The molecule has 1 amide bonds. The van der Waals surface area contributed by atoms with Crippen molar-refractivity contribution in [1.29, 1.82) is 0 Å². The van der Waals surface area contributed by atoms with Crippen LogP contribution in [0.3, 0.4) is 0 Å². The predicted molar refractivity (Wildman–Crippen MR) is 147 cm³/mol. The summed E-state index contributed by atoms with van der Waals surface area (Å²) < 4.78 is 5.59. The fourth-order valence-corrected chi connectivity index (χ4v) is 5.03. The van der Waals surface area contributed by atoms with E-state index in [4.69, 9.17) is 9.72 Å². The molecule has 2 atom stereocenters. The van der Waals surface area contributed by atoms with Gasteiger partial charge in [0.2, 0.25) is 0 Å². The average molecular weight is 491 g/mol. The molecule has 1 aromatic heterocycles. The van der Waals surface area contributed by atoms with Crippen molar-refractivity contribution in [2.75, 3.05) is 6.61 Å². The third-order valence-corrected chi connectivity index (χ3v) is 6.77. The van der Waals surface area contributed by atoms with Crippen LogP contribution in [0.4, 0.5) is 0 Å². The molecular weight excluding hydrogens is 460 g/mol. The number of hydrogen-bond donors (Lipinski definition) is 1. The third-order valence-electron chi connectivity index (χ3n) is 6.77. The zero-order chi connectivity index (χ0) is 25.8. The quantitative estimate of drug-likeness (QED) is 0.318. The number of esters is 1. The highest BCUT2D eigenvalue weighted by Gasteiger charge is 2.29. The predicted octanol–water partition coefficient (Wildman–Crippen LogP) is 6.39. The molecule has 5 rings (SSSR count). The number of rotatable bonds is 6. The smallest absolute Gasteiger partial charge is 0.339 e. The van der Waals surface area contributed by atoms with Gasteiger partial charge in [-0.1, -0.05) is 85.8 Å². The number of hydrogen-bond acceptors (Lipinski definition) is 4. The van der Waals surface area contributed by atoms with E-state index < -0.39 is 5.97 Å². The monoisotopic (exact) mass is 490 g/mol. The number of nitrogens with one attached hydrogen (secondary N) is 1. The molecule has 0 fully saturated rings. The standard InChI is InChI=1S/C32H30N2O3/c1-21-17-25(19-23-11-5-3-6-12-23)31-27(18-21)30(26-15-9-10-16-28(26)34-31)32(36)37-20-29(35)33-22(2)24-13-7-4-8-14-24/h3-16,19,21-22H,17-18,20H2,1-2H3,(H,33,35). The van der Waals surface area contributed by atoms with Crippen molar-refractivity contribution in [3.63, 3.8) is 0 Å². The van der Waals surface area contributed by atoms with Crippen molar-refractivity contribution in [2.24, 2.45) is 5.92 Å². The van der Waals surface area contributed by atoms with E-state index in [9.17, 15) is 9.59 Å². The van der Waals surface area contributed by atoms with E-state index >= 15 is 0 Å². The van der Waals surface area contributed by atoms with E-state index in [2.05, 4.69) is 30.4 Å². The largest absolute Gasteiger partial charge is 0.452 e. The molecule has 0 bridgehead atoms. The van der Waals surface area contributed by atoms with Crippen molar-refractivity contribution in [2.45, 2.75) is 32.7 Å². The molecule has 0 aliphatic heterocycles. The van der Waals surface area contributed by atoms with Crippen LogP contribution >= 0.6 is 0 Å². The second-order valence-electron chi connectivity index (χ2n) is 9.70. The van der Waals surface area contributed by atoms with Crippen molar-refractivity contribution in [3.8, 4) is 0 Å². The fraction of sp³-hybridized carbons (Fsp3) is 0.219. The molecule has 1 N–H and O–H groups in total. The zero-order valence-corrected chi connectivity index (χ0v) is 21.1. The van der Waals surface area contributed by atoms with E-state index in [-0.39, 0.29) is 18.6 Å². The lowest BCUT2D eigenvalue weighted by Crippen LogP contribution is -2.31. The van der Waals surface area contributed by atoms with Crippen LogP contribution in [0.1, 0.15) is 59.1 Å². The van der Waals surface area contributed by atoms with Crippen molar-refractivity contribution in [3.05, 3.63) is 113 Å². The maximum Gasteiger partial charge on any atom is 0.339 e. The van der Waals surface area contributed by atoms with E-state index in [0.717, 1.165) is 51.7 Å². The second-order valence-corrected chi connectivity index (χ2v) is 9.70. The van der Waals surface area contributed by atoms with Crippen LogP contribution in [-0.4, -0.2) is 23.5 Å². The molecule has 1 heterocycles. The number of pyridine rings is 1. The Morgan fingerprint density at radius 2 is 1.65 bits per heavy atom. The van der Waals surface area contributed by atoms with Crippen molar-refractivity contribution >= 4 is 34.4 Å². The highest BCUT2D eigenvalue weighted by atomic mass is 16.5. The summed E-state index contributed by atoms with van der Waals surface area (Å²) in [6, 6.07) is 27.3. The number of ether oxygens (including phenoxy) is 1. The molecule has 37 heavy (non-hydrogen) atoms. The maximum atomic E-state index is 13.5. The fourth-order valence-electron chi connectivity index (χ4n) is 5.03. The van der Waals surface area contributed by atoms with Gasteiger partial charge in [-0.15, -0.1) is 0 Å². The number of carbonyl (C=O) groups excluding carboxylic acids is 2. The summed E-state index contributed by atoms with van der Waals surface area (Å²) in [6.07, 6.45) is 3.76. The first-order valence-electron chi connectivity index (χ1n) is 12.7. The van der Waals surface area contributed by atoms with Gasteiger partial charge in [-0.2, -0.15) is 0 Å². The Bertz CT molecular complexity index is 1460. The van der Waals surface area contributed by atoms with Gasteiger partial charge in [-0.05, 0) is 60.1 Å². The minimum Gasteiger partial charge on any atom is -0.452 e. The highest BCUT2D eigenvalue weighted by Crippen LogP contribution is 2.38. The van der Waals surface area contributed by atoms with E-state index in [0.29, 0.717) is 11.5 Å². The van der Waals surface area contributed by atoms with Gasteiger partial charge in [0.1, 0.15) is 0 Å². The number of amides is 1. The summed E-state index contributed by atoms with van der Waals surface area (Å²) in [5.74, 6) is -0.493. The first-order chi connectivity index (χ1) is 18.0. The summed E-state index contributed by atoms with van der Waals surface area (Å²) >= 11 is 0. The molecule has 0 spiro atoms. The van der Waals surface area contributed by atoms with Crippen LogP contribution in [0.25, 0.3) is 22.6 Å². The topological polar surface area (TPSA) is 68.3 Å². The molecule has 2 unspecified atom stereocenters. The van der Waals surface area contributed by atoms with Crippen molar-refractivity contribution < 1.29 is 14.3 Å². The van der Waals surface area contributed by atoms with Crippen LogP contribution < -0.4 is 5.32 Å². The first kappa shape index (κ1) is 24.4. The van der Waals surface area contributed by atoms with Gasteiger partial charge in [0, 0.05) is 5.39 Å². The minimum absolute atomic E-state index is 0.187. The first-order valence-corrected chi connectivity index (χ1v) is 12.7. The van der Waals surface area contributed by atoms with Crippen LogP contribution in [0.5, 0.6) is 0 Å². The molecule has 0 saturated carbocycles. The molecule has 4 aromatic rings. The number of nitrogens with zero attached hydrogens (tertiary/aromatic N) is 1. The summed E-state index contributed by atoms with van der Waals surface area (Å²) in [6.45, 7) is 3.75. The molecule has 1 aliphatic carbocycles. The molecule has 0 radical (unpaired) electrons. The number of fused-ring (bicyclic) bond motifs is 2. The van der Waals surface area contributed by atoms with Gasteiger partial charge in [-0.3, -0.25) is 4.79 Å². The summed E-state index contributed by atoms with van der Waals surface area (Å²) in [4.78, 5) is 31.1. The molecule has 0 saturated heterocycles. The van der Waals surface area contributed by atoms with Gasteiger partial charge in [0.05, 0.1) is 22.8 Å². The Balaban J connectivity index is 1.45. The highest BCUT2D eigenvalue weighted by molar-refractivity contribution is 6.07. The van der Waals surface area contributed by atoms with Crippen LogP contribution in [0.15, 0.2) is 84.9 Å². The third kappa shape index (κ3) is 5.46. The van der Waals surface area contributed by atoms with Gasteiger partial charge in [0.15, 0.2) is 6.61 Å². The Morgan fingerprint density at radius 3 is 2.41 bits per heavy atom. The lowest BCUT2D eigenvalue weighted by molar-refractivity contribution is -0.124. The summed E-state index contributed by atoms with van der Waals surface area (Å²) in [5, 5.41) is 3.65. The van der Waals surface area contributed by atoms with Gasteiger partial charge in [-0.25, -0.2) is 9.78 Å². The lowest BCUT2D eigenvalue weighted by atomic mass is 9.80. The number of allylic oxidation sites excluding steroid dienone is 1. The normalized spacial score (nSPS) is 16.7. The number of aromatic nitrogens is 1. The SMILES string of the molecule is CC1CC(=Cc2ccccc2)c2nc3ccccc3c(C(=O)OCC(=O)NC(C)c3ccccc3)c2C1. The molecule has 3 aromatic carbocycles. The van der Waals surface area contributed by atoms with E-state index in [1.165, 1.54) is 0 Å². The second kappa shape index (κ2) is 10.8. The van der Waals surface area contributed by atoms with Crippen LogP contribution in [0.2, 0.25) is 0 Å². The van der Waals surface area contributed by atoms with Crippen LogP contribution in [-0.2, 0) is 16.0 Å². The Kier molecular flexibility index (Phi) is 7.13. The molecule has 5 heteroatoms. The molecular formula is C32H30N2O3. The van der Waals surface area contributed by atoms with Crippen LogP contribution in [0, 0.1) is 5.92 Å². The number of carbonyl (C=O) groups is 2. The molecule has 5 nitrogen and oxygen atoms in total. The maximum absolute atomic E-state index is 13.5. The average Bonchev–Trinajstić information content (AvgIpc) is 2.91. The lowest BCUT2D eigenvalue weighted by Gasteiger charge is -2.26. The van der Waals surface area contributed by atoms with Crippen molar-refractivity contribution in [1.82, 2.24) is 10.3 Å². The Morgan fingerprint density at radius 1 is 0.973 bits per heavy atom. The minimum atomic E-state index is -0.495. The Hall–Kier alpha value is -4.25. The van der Waals surface area contributed by atoms with Gasteiger partial charge < -0.3 is 10.1 Å². The number of benzene rings is 3. The van der Waals surface area contributed by atoms with E-state index in [1.54, 1.807) is 0 Å². The summed E-state index contributed by atoms with van der Waals surface area (Å²) in [5.41, 5.74) is 6.18. The zero-order valence-electron chi connectivity index (χ0n) is 21.1. The van der Waals surface area contributed by atoms with Gasteiger partial charge in [0.25, 0.3) is 5.91 Å². The number of para-hydroxylation sites is 1. The van der Waals surface area contributed by atoms with Gasteiger partial charge >= 0.3 is 5.97 Å². The Labute approximate surface area is 217 Å².